The van der Waals surface area contributed by atoms with Crippen molar-refractivity contribution in [3.63, 3.8) is 0 Å². The lowest BCUT2D eigenvalue weighted by Crippen LogP contribution is -2.24. The van der Waals surface area contributed by atoms with Crippen molar-refractivity contribution in [1.82, 2.24) is 0 Å². The number of nitrogens with two attached hydrogens (primary N) is 1. The Bertz CT molecular complexity index is 396. The molecule has 0 fully saturated rings. The van der Waals surface area contributed by atoms with Crippen LogP contribution in [-0.4, -0.2) is 11.6 Å². The zero-order chi connectivity index (χ0) is 12.3. The Kier molecular flexibility index (Phi) is 3.86. The summed E-state index contributed by atoms with van der Waals surface area (Å²) in [6.45, 7) is 5.54. The molecule has 0 aliphatic heterocycles. The van der Waals surface area contributed by atoms with Crippen molar-refractivity contribution in [2.75, 3.05) is 5.73 Å². The molecular formula is C12H17NO2S. The Morgan fingerprint density at radius 2 is 2.06 bits per heavy atom. The summed E-state index contributed by atoms with van der Waals surface area (Å²) in [6.07, 6.45) is 0.241. The predicted molar refractivity (Wildman–Crippen MR) is 67.7 cm³/mol. The minimum absolute atomic E-state index is 0.241. The van der Waals surface area contributed by atoms with Crippen LogP contribution in [0.5, 0.6) is 0 Å². The number of rotatable bonds is 2. The molecule has 2 N–H and O–H groups in total. The molecule has 0 heterocycles. The van der Waals surface area contributed by atoms with Crippen LogP contribution in [0.3, 0.4) is 0 Å². The maximum Gasteiger partial charge on any atom is 0.310 e. The second kappa shape index (κ2) is 4.78. The van der Waals surface area contributed by atoms with Gasteiger partial charge >= 0.3 is 5.97 Å². The zero-order valence-corrected chi connectivity index (χ0v) is 10.7. The first-order valence-electron chi connectivity index (χ1n) is 5.07. The van der Waals surface area contributed by atoms with E-state index in [9.17, 15) is 4.79 Å². The Morgan fingerprint density at radius 1 is 1.44 bits per heavy atom. The molecule has 1 aromatic carbocycles. The first-order chi connectivity index (χ1) is 7.28. The number of nitrogen functional groups attached to an aromatic ring is 1. The van der Waals surface area contributed by atoms with Crippen LogP contribution < -0.4 is 5.73 Å². The van der Waals surface area contributed by atoms with E-state index in [1.807, 2.05) is 20.8 Å². The van der Waals surface area contributed by atoms with Gasteiger partial charge in [-0.1, -0.05) is 6.07 Å². The quantitative estimate of drug-likeness (QED) is 0.473. The second-order valence-corrected chi connectivity index (χ2v) is 5.14. The molecule has 0 saturated heterocycles. The highest BCUT2D eigenvalue weighted by atomic mass is 32.1. The zero-order valence-electron chi connectivity index (χ0n) is 9.78. The van der Waals surface area contributed by atoms with E-state index in [0.717, 1.165) is 5.56 Å². The number of esters is 1. The van der Waals surface area contributed by atoms with Crippen LogP contribution >= 0.6 is 12.6 Å². The molecule has 4 heteroatoms. The molecule has 88 valence electrons. The number of hydrogen-bond acceptors (Lipinski definition) is 4. The van der Waals surface area contributed by atoms with Gasteiger partial charge in [0, 0.05) is 10.6 Å². The van der Waals surface area contributed by atoms with Gasteiger partial charge in [0.2, 0.25) is 0 Å². The summed E-state index contributed by atoms with van der Waals surface area (Å²) in [5.41, 5.74) is 6.64. The first kappa shape index (κ1) is 12.9. The fourth-order valence-electron chi connectivity index (χ4n) is 1.24. The smallest absolute Gasteiger partial charge is 0.310 e. The third-order valence-electron chi connectivity index (χ3n) is 1.86. The SMILES string of the molecule is CC(C)(C)OC(=O)Cc1ccc(N)c(S)c1. The van der Waals surface area contributed by atoms with Gasteiger partial charge in [-0.25, -0.2) is 0 Å². The second-order valence-electron chi connectivity index (χ2n) is 4.66. The average Bonchev–Trinajstić information content (AvgIpc) is 2.08. The van der Waals surface area contributed by atoms with Crippen molar-refractivity contribution in [2.24, 2.45) is 0 Å². The third kappa shape index (κ3) is 4.14. The van der Waals surface area contributed by atoms with Crippen LogP contribution in [0.25, 0.3) is 0 Å². The van der Waals surface area contributed by atoms with Crippen LogP contribution in [0.4, 0.5) is 5.69 Å². The highest BCUT2D eigenvalue weighted by molar-refractivity contribution is 7.80. The fraction of sp³-hybridized carbons (Fsp3) is 0.417. The molecule has 0 radical (unpaired) electrons. The van der Waals surface area contributed by atoms with E-state index in [1.54, 1.807) is 18.2 Å². The van der Waals surface area contributed by atoms with E-state index in [2.05, 4.69) is 12.6 Å². The lowest BCUT2D eigenvalue weighted by atomic mass is 10.1. The molecular weight excluding hydrogens is 222 g/mol. The van der Waals surface area contributed by atoms with Gasteiger partial charge in [-0.05, 0) is 38.5 Å². The van der Waals surface area contributed by atoms with Crippen LogP contribution in [0, 0.1) is 0 Å². The minimum Gasteiger partial charge on any atom is -0.460 e. The normalized spacial score (nSPS) is 11.2. The largest absolute Gasteiger partial charge is 0.460 e. The molecule has 0 aliphatic carbocycles. The fourth-order valence-corrected chi connectivity index (χ4v) is 1.48. The Morgan fingerprint density at radius 3 is 2.56 bits per heavy atom. The van der Waals surface area contributed by atoms with Gasteiger partial charge in [0.15, 0.2) is 0 Å². The average molecular weight is 239 g/mol. The monoisotopic (exact) mass is 239 g/mol. The molecule has 1 rings (SSSR count). The van der Waals surface area contributed by atoms with Gasteiger partial charge in [-0.3, -0.25) is 4.79 Å². The van der Waals surface area contributed by atoms with E-state index in [1.165, 1.54) is 0 Å². The number of hydrogen-bond donors (Lipinski definition) is 2. The van der Waals surface area contributed by atoms with Gasteiger partial charge in [-0.2, -0.15) is 0 Å². The number of carbonyl (C=O) groups is 1. The van der Waals surface area contributed by atoms with E-state index in [-0.39, 0.29) is 12.4 Å². The van der Waals surface area contributed by atoms with Crippen molar-refractivity contribution in [2.45, 2.75) is 37.7 Å². The maximum absolute atomic E-state index is 11.5. The van der Waals surface area contributed by atoms with Gasteiger partial charge in [-0.15, -0.1) is 12.6 Å². The number of ether oxygens (including phenoxy) is 1. The lowest BCUT2D eigenvalue weighted by molar-refractivity contribution is -0.153. The van der Waals surface area contributed by atoms with Crippen LogP contribution in [0.15, 0.2) is 23.1 Å². The van der Waals surface area contributed by atoms with E-state index >= 15 is 0 Å². The molecule has 0 unspecified atom stereocenters. The molecule has 0 amide bonds. The molecule has 1 aromatic rings. The van der Waals surface area contributed by atoms with Crippen molar-refractivity contribution in [3.05, 3.63) is 23.8 Å². The Balaban J connectivity index is 2.67. The van der Waals surface area contributed by atoms with E-state index in [4.69, 9.17) is 10.5 Å². The van der Waals surface area contributed by atoms with Crippen molar-refractivity contribution in [1.29, 1.82) is 0 Å². The molecule has 0 spiro atoms. The maximum atomic E-state index is 11.5. The lowest BCUT2D eigenvalue weighted by Gasteiger charge is -2.19. The highest BCUT2D eigenvalue weighted by Gasteiger charge is 2.16. The van der Waals surface area contributed by atoms with Gasteiger partial charge in [0.05, 0.1) is 6.42 Å². The van der Waals surface area contributed by atoms with Gasteiger partial charge in [0.25, 0.3) is 0 Å². The number of thiol groups is 1. The number of carbonyl (C=O) groups excluding carboxylic acids is 1. The van der Waals surface area contributed by atoms with Crippen LogP contribution in [0.2, 0.25) is 0 Å². The van der Waals surface area contributed by atoms with Crippen LogP contribution in [-0.2, 0) is 16.0 Å². The Labute approximate surface area is 101 Å². The third-order valence-corrected chi connectivity index (χ3v) is 2.25. The summed E-state index contributed by atoms with van der Waals surface area (Å²) < 4.78 is 5.22. The summed E-state index contributed by atoms with van der Waals surface area (Å²) in [4.78, 5) is 12.2. The van der Waals surface area contributed by atoms with Gasteiger partial charge in [0.1, 0.15) is 5.60 Å². The van der Waals surface area contributed by atoms with Crippen LogP contribution in [0.1, 0.15) is 26.3 Å². The van der Waals surface area contributed by atoms with Gasteiger partial charge < -0.3 is 10.5 Å². The van der Waals surface area contributed by atoms with E-state index < -0.39 is 5.60 Å². The summed E-state index contributed by atoms with van der Waals surface area (Å²) in [7, 11) is 0. The minimum atomic E-state index is -0.450. The number of anilines is 1. The summed E-state index contributed by atoms with van der Waals surface area (Å²) >= 11 is 4.20. The van der Waals surface area contributed by atoms with Crippen molar-refractivity contribution >= 4 is 24.3 Å². The molecule has 0 aliphatic rings. The molecule has 3 nitrogen and oxygen atoms in total. The number of benzene rings is 1. The highest BCUT2D eigenvalue weighted by Crippen LogP contribution is 2.19. The van der Waals surface area contributed by atoms with E-state index in [0.29, 0.717) is 10.6 Å². The molecule has 0 aromatic heterocycles. The standard InChI is InChI=1S/C12H17NO2S/c1-12(2,3)15-11(14)7-8-4-5-9(13)10(16)6-8/h4-6,16H,7,13H2,1-3H3. The molecule has 16 heavy (non-hydrogen) atoms. The topological polar surface area (TPSA) is 52.3 Å². The predicted octanol–water partition coefficient (Wildman–Crippen LogP) is 2.44. The summed E-state index contributed by atoms with van der Waals surface area (Å²) in [6, 6.07) is 5.32. The molecule has 0 bridgehead atoms. The molecule has 0 saturated carbocycles. The van der Waals surface area contributed by atoms with Crippen molar-refractivity contribution < 1.29 is 9.53 Å². The molecule has 0 atom stereocenters. The Hall–Kier alpha value is -1.16. The van der Waals surface area contributed by atoms with Crippen molar-refractivity contribution in [3.8, 4) is 0 Å². The first-order valence-corrected chi connectivity index (χ1v) is 5.52. The summed E-state index contributed by atoms with van der Waals surface area (Å²) in [5.74, 6) is -0.245. The summed E-state index contributed by atoms with van der Waals surface area (Å²) in [5, 5.41) is 0.